The molecule has 2 fully saturated rings. The summed E-state index contributed by atoms with van der Waals surface area (Å²) in [5.41, 5.74) is 2.53. The van der Waals surface area contributed by atoms with Gasteiger partial charge < -0.3 is 10.4 Å². The standard InChI is InChI=1S/C18H28N2O/c21-18(14-20-12-10-19-11-13-20)17-8-6-16(7-9-17)15-4-2-1-3-5-15/h6-9,15,18-19,21H,1-5,10-14H2. The molecule has 1 aliphatic heterocycles. The van der Waals surface area contributed by atoms with E-state index in [9.17, 15) is 5.11 Å². The minimum atomic E-state index is -0.358. The molecule has 3 rings (SSSR count). The van der Waals surface area contributed by atoms with Gasteiger partial charge in [-0.2, -0.15) is 0 Å². The fourth-order valence-electron chi connectivity index (χ4n) is 3.67. The van der Waals surface area contributed by atoms with Gasteiger partial charge in [-0.1, -0.05) is 43.5 Å². The average molecular weight is 288 g/mol. The third-order valence-corrected chi connectivity index (χ3v) is 5.04. The second kappa shape index (κ2) is 7.39. The smallest absolute Gasteiger partial charge is 0.0916 e. The molecule has 0 spiro atoms. The Kier molecular flexibility index (Phi) is 5.28. The van der Waals surface area contributed by atoms with Crippen LogP contribution in [0.3, 0.4) is 0 Å². The number of benzene rings is 1. The lowest BCUT2D eigenvalue weighted by atomic mass is 9.84. The van der Waals surface area contributed by atoms with E-state index in [-0.39, 0.29) is 6.10 Å². The van der Waals surface area contributed by atoms with Crippen LogP contribution >= 0.6 is 0 Å². The normalized spacial score (nSPS) is 23.1. The molecule has 0 aromatic heterocycles. The number of nitrogens with one attached hydrogen (secondary N) is 1. The summed E-state index contributed by atoms with van der Waals surface area (Å²) in [4.78, 5) is 2.34. The Balaban J connectivity index is 1.57. The first-order chi connectivity index (χ1) is 10.3. The highest BCUT2D eigenvalue weighted by atomic mass is 16.3. The highest BCUT2D eigenvalue weighted by molar-refractivity contribution is 5.27. The molecule has 0 amide bonds. The first-order valence-electron chi connectivity index (χ1n) is 8.54. The molecule has 0 radical (unpaired) electrons. The van der Waals surface area contributed by atoms with Crippen LogP contribution in [0.1, 0.15) is 55.3 Å². The number of aliphatic hydroxyl groups excluding tert-OH is 1. The van der Waals surface area contributed by atoms with Crippen LogP contribution in [0.4, 0.5) is 0 Å². The van der Waals surface area contributed by atoms with Gasteiger partial charge in [-0.15, -0.1) is 0 Å². The van der Waals surface area contributed by atoms with E-state index in [1.807, 2.05) is 0 Å². The van der Waals surface area contributed by atoms with Gasteiger partial charge in [0.25, 0.3) is 0 Å². The Hall–Kier alpha value is -0.900. The van der Waals surface area contributed by atoms with Crippen molar-refractivity contribution < 1.29 is 5.11 Å². The van der Waals surface area contributed by atoms with E-state index < -0.39 is 0 Å². The summed E-state index contributed by atoms with van der Waals surface area (Å²) in [6.07, 6.45) is 6.46. The van der Waals surface area contributed by atoms with Gasteiger partial charge in [-0.05, 0) is 29.9 Å². The maximum absolute atomic E-state index is 10.4. The Labute approximate surface area is 128 Å². The number of β-amino-alcohol motifs (C(OH)–C–C–N with tert-alkyl or cyclic N) is 1. The molecule has 1 heterocycles. The Morgan fingerprint density at radius 1 is 1.05 bits per heavy atom. The molecule has 1 atom stereocenters. The van der Waals surface area contributed by atoms with Crippen molar-refractivity contribution in [1.29, 1.82) is 0 Å². The van der Waals surface area contributed by atoms with E-state index in [2.05, 4.69) is 34.5 Å². The maximum Gasteiger partial charge on any atom is 0.0916 e. The fraction of sp³-hybridized carbons (Fsp3) is 0.667. The van der Waals surface area contributed by atoms with Crippen LogP contribution in [0.2, 0.25) is 0 Å². The molecule has 116 valence electrons. The van der Waals surface area contributed by atoms with E-state index in [1.54, 1.807) is 0 Å². The number of hydrogen-bond donors (Lipinski definition) is 2. The molecule has 1 aromatic rings. The van der Waals surface area contributed by atoms with Crippen molar-refractivity contribution >= 4 is 0 Å². The summed E-state index contributed by atoms with van der Waals surface area (Å²) in [5, 5.41) is 13.8. The molecule has 1 aliphatic carbocycles. The first-order valence-corrected chi connectivity index (χ1v) is 8.54. The molecule has 1 saturated heterocycles. The Bertz CT molecular complexity index is 419. The Morgan fingerprint density at radius 3 is 2.38 bits per heavy atom. The van der Waals surface area contributed by atoms with Crippen molar-refractivity contribution in [3.63, 3.8) is 0 Å². The van der Waals surface area contributed by atoms with Crippen LogP contribution in [-0.4, -0.2) is 42.7 Å². The van der Waals surface area contributed by atoms with Crippen molar-refractivity contribution in [3.8, 4) is 0 Å². The van der Waals surface area contributed by atoms with E-state index in [4.69, 9.17) is 0 Å². The lowest BCUT2D eigenvalue weighted by Crippen LogP contribution is -2.44. The third-order valence-electron chi connectivity index (χ3n) is 5.04. The minimum Gasteiger partial charge on any atom is -0.387 e. The van der Waals surface area contributed by atoms with Gasteiger partial charge in [0.1, 0.15) is 0 Å². The van der Waals surface area contributed by atoms with Crippen LogP contribution in [0.5, 0.6) is 0 Å². The molecule has 1 unspecified atom stereocenters. The summed E-state index contributed by atoms with van der Waals surface area (Å²) in [7, 11) is 0. The van der Waals surface area contributed by atoms with Gasteiger partial charge in [-0.3, -0.25) is 4.90 Å². The Morgan fingerprint density at radius 2 is 1.71 bits per heavy atom. The molecule has 3 heteroatoms. The van der Waals surface area contributed by atoms with E-state index in [0.717, 1.165) is 44.2 Å². The quantitative estimate of drug-likeness (QED) is 0.894. The molecular weight excluding hydrogens is 260 g/mol. The summed E-state index contributed by atoms with van der Waals surface area (Å²) in [6, 6.07) is 8.76. The molecule has 21 heavy (non-hydrogen) atoms. The zero-order chi connectivity index (χ0) is 14.5. The van der Waals surface area contributed by atoms with Crippen molar-refractivity contribution in [3.05, 3.63) is 35.4 Å². The largest absolute Gasteiger partial charge is 0.387 e. The summed E-state index contributed by atoms with van der Waals surface area (Å²) < 4.78 is 0. The molecule has 2 aliphatic rings. The average Bonchev–Trinajstić information content (AvgIpc) is 2.57. The van der Waals surface area contributed by atoms with E-state index in [1.165, 1.54) is 37.7 Å². The third kappa shape index (κ3) is 4.06. The number of aliphatic hydroxyl groups is 1. The van der Waals surface area contributed by atoms with Crippen LogP contribution < -0.4 is 5.32 Å². The van der Waals surface area contributed by atoms with Crippen LogP contribution in [0.15, 0.2) is 24.3 Å². The SMILES string of the molecule is OC(CN1CCNCC1)c1ccc(C2CCCCC2)cc1. The van der Waals surface area contributed by atoms with Gasteiger partial charge in [0.15, 0.2) is 0 Å². The second-order valence-corrected chi connectivity index (χ2v) is 6.57. The van der Waals surface area contributed by atoms with Gasteiger partial charge in [0, 0.05) is 32.7 Å². The molecule has 3 nitrogen and oxygen atoms in total. The highest BCUT2D eigenvalue weighted by Gasteiger charge is 2.18. The summed E-state index contributed by atoms with van der Waals surface area (Å²) in [5.74, 6) is 0.748. The fourth-order valence-corrected chi connectivity index (χ4v) is 3.67. The molecule has 2 N–H and O–H groups in total. The number of hydrogen-bond acceptors (Lipinski definition) is 3. The van der Waals surface area contributed by atoms with Crippen LogP contribution in [0.25, 0.3) is 0 Å². The summed E-state index contributed by atoms with van der Waals surface area (Å²) in [6.45, 7) is 4.90. The maximum atomic E-state index is 10.4. The summed E-state index contributed by atoms with van der Waals surface area (Å²) >= 11 is 0. The molecule has 0 bridgehead atoms. The molecular formula is C18H28N2O. The van der Waals surface area contributed by atoms with Crippen LogP contribution in [-0.2, 0) is 0 Å². The van der Waals surface area contributed by atoms with Crippen molar-refractivity contribution in [2.24, 2.45) is 0 Å². The van der Waals surface area contributed by atoms with Gasteiger partial charge in [0.2, 0.25) is 0 Å². The predicted octanol–water partition coefficient (Wildman–Crippen LogP) is 2.67. The van der Waals surface area contributed by atoms with Crippen molar-refractivity contribution in [2.75, 3.05) is 32.7 Å². The monoisotopic (exact) mass is 288 g/mol. The van der Waals surface area contributed by atoms with Gasteiger partial charge in [0.05, 0.1) is 6.10 Å². The number of rotatable bonds is 4. The predicted molar refractivity (Wildman–Crippen MR) is 86.5 cm³/mol. The lowest BCUT2D eigenvalue weighted by Gasteiger charge is -2.29. The molecule has 1 saturated carbocycles. The van der Waals surface area contributed by atoms with Crippen LogP contribution in [0, 0.1) is 0 Å². The van der Waals surface area contributed by atoms with E-state index in [0.29, 0.717) is 0 Å². The van der Waals surface area contributed by atoms with Gasteiger partial charge >= 0.3 is 0 Å². The van der Waals surface area contributed by atoms with E-state index >= 15 is 0 Å². The lowest BCUT2D eigenvalue weighted by molar-refractivity contribution is 0.105. The molecule has 1 aromatic carbocycles. The number of nitrogens with zero attached hydrogens (tertiary/aromatic N) is 1. The van der Waals surface area contributed by atoms with Crippen molar-refractivity contribution in [1.82, 2.24) is 10.2 Å². The number of piperazine rings is 1. The minimum absolute atomic E-state index is 0.358. The highest BCUT2D eigenvalue weighted by Crippen LogP contribution is 2.33. The first kappa shape index (κ1) is 15.0. The zero-order valence-electron chi connectivity index (χ0n) is 12.9. The topological polar surface area (TPSA) is 35.5 Å². The second-order valence-electron chi connectivity index (χ2n) is 6.57. The van der Waals surface area contributed by atoms with Gasteiger partial charge in [-0.25, -0.2) is 0 Å². The zero-order valence-corrected chi connectivity index (χ0v) is 12.9. The van der Waals surface area contributed by atoms with Crippen molar-refractivity contribution in [2.45, 2.75) is 44.1 Å².